The van der Waals surface area contributed by atoms with Crippen LogP contribution in [0.3, 0.4) is 0 Å². The summed E-state index contributed by atoms with van der Waals surface area (Å²) >= 11 is 0. The molecule has 0 unspecified atom stereocenters. The van der Waals surface area contributed by atoms with Crippen LogP contribution in [0.4, 0.5) is 0 Å². The van der Waals surface area contributed by atoms with Gasteiger partial charge in [-0.25, -0.2) is 4.84 Å². The normalized spacial score (nSPS) is 8.12. The van der Waals surface area contributed by atoms with Crippen LogP contribution in [-0.2, 0) is 9.63 Å². The van der Waals surface area contributed by atoms with Gasteiger partial charge in [0, 0.05) is 0 Å². The monoisotopic (exact) mass is 121 g/mol. The Hall–Kier alpha value is -1.17. The summed E-state index contributed by atoms with van der Waals surface area (Å²) in [7, 11) is 0. The number of carbonyl (C=O) groups excluding carboxylic acids is 1. The molecule has 6 heteroatoms. The van der Waals surface area contributed by atoms with E-state index in [1.54, 1.807) is 0 Å². The maximum absolute atomic E-state index is 9.71. The molecule has 0 saturated carbocycles. The molecule has 0 heterocycles. The molecule has 0 aromatic rings. The van der Waals surface area contributed by atoms with Crippen molar-refractivity contribution in [1.29, 1.82) is 0 Å². The largest absolute Gasteiger partial charge is 0.386 e. The van der Waals surface area contributed by atoms with Gasteiger partial charge in [-0.15, -0.1) is 10.1 Å². The smallest absolute Gasteiger partial charge is 0.328 e. The van der Waals surface area contributed by atoms with Crippen LogP contribution in [0.25, 0.3) is 0 Å². The Kier molecular flexibility index (Phi) is 2.49. The van der Waals surface area contributed by atoms with E-state index in [1.165, 1.54) is 0 Å². The molecule has 8 heavy (non-hydrogen) atoms. The van der Waals surface area contributed by atoms with Crippen LogP contribution in [0.2, 0.25) is 0 Å². The van der Waals surface area contributed by atoms with Crippen LogP contribution in [0.15, 0.2) is 0 Å². The third-order valence-corrected chi connectivity index (χ3v) is 0.305. The zero-order chi connectivity index (χ0) is 6.57. The minimum absolute atomic E-state index is 0.971. The van der Waals surface area contributed by atoms with Crippen LogP contribution in [0.5, 0.6) is 0 Å². The molecule has 0 radical (unpaired) electrons. The molecule has 0 rings (SSSR count). The van der Waals surface area contributed by atoms with Gasteiger partial charge in [0.2, 0.25) is 0 Å². The maximum Gasteiger partial charge on any atom is 0.328 e. The van der Waals surface area contributed by atoms with Gasteiger partial charge in [0.25, 0.3) is 0 Å². The fraction of sp³-hybridized carbons (Fsp3) is 0.500. The predicted octanol–water partition coefficient (Wildman–Crippen LogP) is -1.29. The SMILES string of the molecule is O=C(CO)O[N+](=O)[O-]. The Labute approximate surface area is 43.8 Å². The predicted molar refractivity (Wildman–Crippen MR) is 20.2 cm³/mol. The van der Waals surface area contributed by atoms with Crippen LogP contribution in [0.1, 0.15) is 0 Å². The van der Waals surface area contributed by atoms with E-state index in [9.17, 15) is 14.9 Å². The van der Waals surface area contributed by atoms with Gasteiger partial charge < -0.3 is 5.11 Å². The maximum atomic E-state index is 9.71. The van der Waals surface area contributed by atoms with Crippen LogP contribution >= 0.6 is 0 Å². The molecule has 0 aromatic heterocycles. The zero-order valence-electron chi connectivity index (χ0n) is 3.73. The summed E-state index contributed by atoms with van der Waals surface area (Å²) in [6, 6.07) is 0. The lowest BCUT2D eigenvalue weighted by atomic mass is 10.8. The van der Waals surface area contributed by atoms with Crippen molar-refractivity contribution in [3.05, 3.63) is 10.1 Å². The second-order valence-electron chi connectivity index (χ2n) is 0.845. The van der Waals surface area contributed by atoms with Gasteiger partial charge in [0.05, 0.1) is 0 Å². The first-order valence-corrected chi connectivity index (χ1v) is 1.63. The number of aliphatic hydroxyl groups excluding tert-OH is 1. The van der Waals surface area contributed by atoms with Gasteiger partial charge in [0.1, 0.15) is 6.61 Å². The molecule has 0 spiro atoms. The molecule has 0 fully saturated rings. The number of hydrogen-bond acceptors (Lipinski definition) is 5. The number of hydrogen-bond donors (Lipinski definition) is 1. The molecular formula is C2H3NO5. The molecule has 6 nitrogen and oxygen atoms in total. The molecule has 0 aromatic carbocycles. The number of nitrogens with zero attached hydrogens (tertiary/aromatic N) is 1. The summed E-state index contributed by atoms with van der Waals surface area (Å²) in [6.45, 7) is -0.971. The highest BCUT2D eigenvalue weighted by Gasteiger charge is 2.02. The van der Waals surface area contributed by atoms with E-state index in [4.69, 9.17) is 5.11 Å². The van der Waals surface area contributed by atoms with Gasteiger partial charge in [0.15, 0.2) is 0 Å². The Balaban J connectivity index is 3.40. The minimum atomic E-state index is -1.28. The van der Waals surface area contributed by atoms with Crippen LogP contribution in [-0.4, -0.2) is 22.8 Å². The standard InChI is InChI=1S/C2H3NO5/c4-1-2(5)8-3(6)7/h4H,1H2. The lowest BCUT2D eigenvalue weighted by molar-refractivity contribution is -0.729. The minimum Gasteiger partial charge on any atom is -0.386 e. The van der Waals surface area contributed by atoms with Gasteiger partial charge in [-0.05, 0) is 0 Å². The van der Waals surface area contributed by atoms with E-state index >= 15 is 0 Å². The first-order chi connectivity index (χ1) is 3.66. The zero-order valence-corrected chi connectivity index (χ0v) is 3.73. The fourth-order valence-corrected chi connectivity index (χ4v) is 0.112. The van der Waals surface area contributed by atoms with E-state index < -0.39 is 17.7 Å². The van der Waals surface area contributed by atoms with Crippen molar-refractivity contribution in [2.75, 3.05) is 6.61 Å². The molecule has 0 aliphatic heterocycles. The van der Waals surface area contributed by atoms with E-state index in [0.717, 1.165) is 0 Å². The van der Waals surface area contributed by atoms with E-state index in [-0.39, 0.29) is 0 Å². The van der Waals surface area contributed by atoms with Crippen molar-refractivity contribution in [3.63, 3.8) is 0 Å². The van der Waals surface area contributed by atoms with Crippen LogP contribution < -0.4 is 0 Å². The third kappa shape index (κ3) is 3.04. The van der Waals surface area contributed by atoms with Crippen molar-refractivity contribution in [3.8, 4) is 0 Å². The lowest BCUT2D eigenvalue weighted by Gasteiger charge is -1.87. The van der Waals surface area contributed by atoms with Gasteiger partial charge in [-0.1, -0.05) is 0 Å². The summed E-state index contributed by atoms with van der Waals surface area (Å²) in [5.74, 6) is -1.27. The molecule has 0 saturated heterocycles. The summed E-state index contributed by atoms with van der Waals surface area (Å²) in [6.07, 6.45) is 0. The summed E-state index contributed by atoms with van der Waals surface area (Å²) in [5.41, 5.74) is 0. The average molecular weight is 121 g/mol. The summed E-state index contributed by atoms with van der Waals surface area (Å²) < 4.78 is 0. The quantitative estimate of drug-likeness (QED) is 0.362. The molecule has 0 atom stereocenters. The Morgan fingerprint density at radius 3 is 2.50 bits per heavy atom. The van der Waals surface area contributed by atoms with Crippen molar-refractivity contribution in [2.24, 2.45) is 0 Å². The Morgan fingerprint density at radius 2 is 2.38 bits per heavy atom. The molecule has 0 amide bonds. The second-order valence-corrected chi connectivity index (χ2v) is 0.845. The highest BCUT2D eigenvalue weighted by Crippen LogP contribution is 1.73. The molecule has 0 aliphatic rings. The molecule has 0 aliphatic carbocycles. The van der Waals surface area contributed by atoms with Crippen molar-refractivity contribution < 1.29 is 19.8 Å². The van der Waals surface area contributed by atoms with Gasteiger partial charge in [-0.3, -0.25) is 4.79 Å². The highest BCUT2D eigenvalue weighted by atomic mass is 17.0. The van der Waals surface area contributed by atoms with Crippen molar-refractivity contribution in [2.45, 2.75) is 0 Å². The number of aliphatic hydroxyl groups is 1. The van der Waals surface area contributed by atoms with E-state index in [1.807, 2.05) is 0 Å². The summed E-state index contributed by atoms with van der Waals surface area (Å²) in [4.78, 5) is 22.2. The summed E-state index contributed by atoms with van der Waals surface area (Å²) in [5, 5.41) is 15.7. The molecule has 46 valence electrons. The van der Waals surface area contributed by atoms with Gasteiger partial charge >= 0.3 is 11.1 Å². The highest BCUT2D eigenvalue weighted by molar-refractivity contribution is 5.69. The van der Waals surface area contributed by atoms with Crippen molar-refractivity contribution >= 4 is 5.97 Å². The fourth-order valence-electron chi connectivity index (χ4n) is 0.112. The third-order valence-electron chi connectivity index (χ3n) is 0.305. The Bertz CT molecular complexity index is 109. The van der Waals surface area contributed by atoms with Crippen molar-refractivity contribution in [1.82, 2.24) is 0 Å². The topological polar surface area (TPSA) is 89.7 Å². The average Bonchev–Trinajstić information content (AvgIpc) is 1.65. The second kappa shape index (κ2) is 2.92. The molecular weight excluding hydrogens is 118 g/mol. The Morgan fingerprint density at radius 1 is 1.88 bits per heavy atom. The first-order valence-electron chi connectivity index (χ1n) is 1.63. The first kappa shape index (κ1) is 6.83. The number of rotatable bonds is 2. The lowest BCUT2D eigenvalue weighted by Crippen LogP contribution is -2.13. The van der Waals surface area contributed by atoms with Crippen LogP contribution in [0, 0.1) is 10.1 Å². The molecule has 1 N–H and O–H groups in total. The van der Waals surface area contributed by atoms with E-state index in [0.29, 0.717) is 0 Å². The van der Waals surface area contributed by atoms with Gasteiger partial charge in [-0.2, -0.15) is 0 Å². The molecule has 0 bridgehead atoms. The number of carbonyl (C=O) groups is 1. The van der Waals surface area contributed by atoms with E-state index in [2.05, 4.69) is 4.84 Å².